The van der Waals surface area contributed by atoms with Crippen LogP contribution in [0.3, 0.4) is 0 Å². The first-order valence-corrected chi connectivity index (χ1v) is 5.77. The number of pyridine rings is 1. The molecule has 1 aromatic rings. The molecule has 0 aromatic carbocycles. The largest absolute Gasteiger partial charge is 0.396 e. The van der Waals surface area contributed by atoms with Crippen molar-refractivity contribution in [1.29, 1.82) is 5.26 Å². The van der Waals surface area contributed by atoms with E-state index in [0.29, 0.717) is 22.0 Å². The maximum Gasteiger partial charge on any atom is 0.116 e. The second-order valence-electron chi connectivity index (χ2n) is 3.03. The van der Waals surface area contributed by atoms with Crippen LogP contribution >= 0.6 is 23.4 Å². The molecule has 3 nitrogen and oxygen atoms in total. The highest BCUT2D eigenvalue weighted by Crippen LogP contribution is 2.31. The molecular weight excluding hydrogens is 232 g/mol. The minimum atomic E-state index is 0.143. The number of halogens is 1. The van der Waals surface area contributed by atoms with E-state index in [1.54, 1.807) is 12.3 Å². The van der Waals surface area contributed by atoms with Gasteiger partial charge in [-0.15, -0.1) is 11.8 Å². The van der Waals surface area contributed by atoms with Crippen LogP contribution in [0.4, 0.5) is 0 Å². The minimum Gasteiger partial charge on any atom is -0.396 e. The van der Waals surface area contributed by atoms with Crippen molar-refractivity contribution in [3.8, 4) is 6.07 Å². The lowest BCUT2D eigenvalue weighted by molar-refractivity contribution is 0.289. The predicted octanol–water partition coefficient (Wildman–Crippen LogP) is 2.47. The fourth-order valence-corrected chi connectivity index (χ4v) is 2.25. The summed E-state index contributed by atoms with van der Waals surface area (Å²) >= 11 is 7.45. The molecule has 1 atom stereocenters. The molecule has 0 amide bonds. The van der Waals surface area contributed by atoms with E-state index < -0.39 is 0 Å². The Bertz CT molecular complexity index is 378. The highest BCUT2D eigenvalue weighted by molar-refractivity contribution is 7.99. The molecule has 1 rings (SSSR count). The lowest BCUT2D eigenvalue weighted by atomic mass is 10.3. The van der Waals surface area contributed by atoms with Crippen LogP contribution in [0.2, 0.25) is 5.02 Å². The van der Waals surface area contributed by atoms with Gasteiger partial charge in [-0.25, -0.2) is 4.98 Å². The van der Waals surface area contributed by atoms with Crippen LogP contribution in [0.1, 0.15) is 18.9 Å². The first kappa shape index (κ1) is 12.3. The topological polar surface area (TPSA) is 56.9 Å². The fraction of sp³-hybridized carbons (Fsp3) is 0.400. The van der Waals surface area contributed by atoms with Crippen molar-refractivity contribution in [3.05, 3.63) is 22.8 Å². The Morgan fingerprint density at radius 3 is 3.07 bits per heavy atom. The van der Waals surface area contributed by atoms with Crippen LogP contribution in [-0.2, 0) is 0 Å². The van der Waals surface area contributed by atoms with E-state index in [2.05, 4.69) is 4.98 Å². The van der Waals surface area contributed by atoms with Gasteiger partial charge in [0.1, 0.15) is 11.1 Å². The number of rotatable bonds is 4. The van der Waals surface area contributed by atoms with Crippen molar-refractivity contribution in [1.82, 2.24) is 4.98 Å². The van der Waals surface area contributed by atoms with Gasteiger partial charge in [0.15, 0.2) is 0 Å². The molecule has 0 spiro atoms. The van der Waals surface area contributed by atoms with E-state index >= 15 is 0 Å². The fourth-order valence-electron chi connectivity index (χ4n) is 1.02. The molecule has 0 aliphatic rings. The third-order valence-corrected chi connectivity index (χ3v) is 3.49. The first-order valence-electron chi connectivity index (χ1n) is 4.51. The van der Waals surface area contributed by atoms with E-state index in [4.69, 9.17) is 22.0 Å². The van der Waals surface area contributed by atoms with Gasteiger partial charge in [-0.2, -0.15) is 5.26 Å². The van der Waals surface area contributed by atoms with Crippen molar-refractivity contribution in [3.63, 3.8) is 0 Å². The Labute approximate surface area is 98.1 Å². The maximum atomic E-state index is 8.77. The average Bonchev–Trinajstić information content (AvgIpc) is 2.21. The van der Waals surface area contributed by atoms with Gasteiger partial charge in [0.2, 0.25) is 0 Å². The van der Waals surface area contributed by atoms with Gasteiger partial charge in [-0.3, -0.25) is 0 Å². The van der Waals surface area contributed by atoms with Crippen molar-refractivity contribution < 1.29 is 5.11 Å². The summed E-state index contributed by atoms with van der Waals surface area (Å²) in [5.41, 5.74) is 0.436. The van der Waals surface area contributed by atoms with Gasteiger partial charge in [0, 0.05) is 18.1 Å². The van der Waals surface area contributed by atoms with Gasteiger partial charge < -0.3 is 5.11 Å². The summed E-state index contributed by atoms with van der Waals surface area (Å²) in [5, 5.41) is 18.8. The summed E-state index contributed by atoms with van der Waals surface area (Å²) in [6, 6.07) is 3.59. The molecule has 0 radical (unpaired) electrons. The molecule has 0 aliphatic carbocycles. The summed E-state index contributed by atoms with van der Waals surface area (Å²) in [4.78, 5) is 4.11. The molecule has 1 unspecified atom stereocenters. The summed E-state index contributed by atoms with van der Waals surface area (Å²) in [6.07, 6.45) is 2.25. The lowest BCUT2D eigenvalue weighted by Gasteiger charge is -2.09. The third-order valence-electron chi connectivity index (χ3n) is 1.83. The number of aliphatic hydroxyl groups is 1. The highest BCUT2D eigenvalue weighted by Gasteiger charge is 2.11. The van der Waals surface area contributed by atoms with E-state index in [0.717, 1.165) is 0 Å². The standard InChI is InChI=1S/C10H11ClN2OS/c1-7(3-5-14)15-10-9(11)8(6-12)2-4-13-10/h2,4,7,14H,3,5H2,1H3. The number of hydrogen-bond donors (Lipinski definition) is 1. The van der Waals surface area contributed by atoms with Gasteiger partial charge in [-0.1, -0.05) is 18.5 Å². The Kier molecular flexibility index (Phi) is 4.89. The molecule has 0 bridgehead atoms. The minimum absolute atomic E-state index is 0.143. The van der Waals surface area contributed by atoms with Crippen LogP contribution in [0.5, 0.6) is 0 Å². The van der Waals surface area contributed by atoms with Crippen molar-refractivity contribution in [2.24, 2.45) is 0 Å². The second kappa shape index (κ2) is 5.96. The molecule has 5 heteroatoms. The van der Waals surface area contributed by atoms with E-state index in [1.165, 1.54) is 11.8 Å². The number of aliphatic hydroxyl groups excluding tert-OH is 1. The van der Waals surface area contributed by atoms with Crippen LogP contribution in [0.25, 0.3) is 0 Å². The molecule has 15 heavy (non-hydrogen) atoms. The van der Waals surface area contributed by atoms with Crippen LogP contribution < -0.4 is 0 Å². The highest BCUT2D eigenvalue weighted by atomic mass is 35.5. The van der Waals surface area contributed by atoms with Gasteiger partial charge >= 0.3 is 0 Å². The van der Waals surface area contributed by atoms with Crippen molar-refractivity contribution >= 4 is 23.4 Å². The maximum absolute atomic E-state index is 8.77. The number of nitrogens with zero attached hydrogens (tertiary/aromatic N) is 2. The zero-order valence-electron chi connectivity index (χ0n) is 8.27. The summed E-state index contributed by atoms with van der Waals surface area (Å²) in [7, 11) is 0. The zero-order chi connectivity index (χ0) is 11.3. The molecule has 1 aromatic heterocycles. The monoisotopic (exact) mass is 242 g/mol. The van der Waals surface area contributed by atoms with Crippen LogP contribution in [0.15, 0.2) is 17.3 Å². The zero-order valence-corrected chi connectivity index (χ0v) is 9.85. The smallest absolute Gasteiger partial charge is 0.116 e. The second-order valence-corrected chi connectivity index (χ2v) is 4.84. The summed E-state index contributed by atoms with van der Waals surface area (Å²) in [6.45, 7) is 2.13. The van der Waals surface area contributed by atoms with Gasteiger partial charge in [-0.05, 0) is 12.5 Å². The Morgan fingerprint density at radius 2 is 2.47 bits per heavy atom. The number of aromatic nitrogens is 1. The van der Waals surface area contributed by atoms with Gasteiger partial charge in [0.05, 0.1) is 10.6 Å². The lowest BCUT2D eigenvalue weighted by Crippen LogP contribution is -2.00. The predicted molar refractivity (Wildman–Crippen MR) is 61.0 cm³/mol. The molecular formula is C10H11ClN2OS. The Morgan fingerprint density at radius 1 is 1.73 bits per heavy atom. The number of nitriles is 1. The quantitative estimate of drug-likeness (QED) is 0.825. The van der Waals surface area contributed by atoms with E-state index in [1.807, 2.05) is 13.0 Å². The Balaban J connectivity index is 2.82. The number of hydrogen-bond acceptors (Lipinski definition) is 4. The van der Waals surface area contributed by atoms with E-state index in [-0.39, 0.29) is 11.9 Å². The molecule has 1 N–H and O–H groups in total. The Hall–Kier alpha value is -0.760. The van der Waals surface area contributed by atoms with Crippen LogP contribution in [-0.4, -0.2) is 21.9 Å². The van der Waals surface area contributed by atoms with E-state index in [9.17, 15) is 0 Å². The van der Waals surface area contributed by atoms with Crippen molar-refractivity contribution in [2.75, 3.05) is 6.61 Å². The molecule has 80 valence electrons. The first-order chi connectivity index (χ1) is 7.19. The van der Waals surface area contributed by atoms with Gasteiger partial charge in [0.25, 0.3) is 0 Å². The molecule has 0 saturated carbocycles. The average molecular weight is 243 g/mol. The number of thioether (sulfide) groups is 1. The third kappa shape index (κ3) is 3.38. The molecule has 0 saturated heterocycles. The molecule has 0 aliphatic heterocycles. The summed E-state index contributed by atoms with van der Waals surface area (Å²) < 4.78 is 0. The van der Waals surface area contributed by atoms with Crippen LogP contribution in [0, 0.1) is 11.3 Å². The van der Waals surface area contributed by atoms with Crippen molar-refractivity contribution in [2.45, 2.75) is 23.6 Å². The summed E-state index contributed by atoms with van der Waals surface area (Å²) in [5.74, 6) is 0. The SMILES string of the molecule is CC(CCO)Sc1nccc(C#N)c1Cl. The normalized spacial score (nSPS) is 12.1. The molecule has 1 heterocycles. The molecule has 0 fully saturated rings.